The lowest BCUT2D eigenvalue weighted by Gasteiger charge is -2.28. The maximum absolute atomic E-state index is 14.1. The average Bonchev–Trinajstić information content (AvgIpc) is 3.59. The fraction of sp³-hybridized carbons (Fsp3) is 0.345. The van der Waals surface area contributed by atoms with Crippen molar-refractivity contribution >= 4 is 28.5 Å². The fourth-order valence-corrected chi connectivity index (χ4v) is 5.75. The number of hydrogen-bond donors (Lipinski definition) is 3. The van der Waals surface area contributed by atoms with E-state index in [0.717, 1.165) is 36.5 Å². The maximum atomic E-state index is 14.1. The lowest BCUT2D eigenvalue weighted by Crippen LogP contribution is -2.46. The minimum atomic E-state index is -0.473. The predicted octanol–water partition coefficient (Wildman–Crippen LogP) is 3.88. The van der Waals surface area contributed by atoms with Crippen LogP contribution < -0.4 is 10.6 Å². The number of ether oxygens (including phenoxy) is 1. The van der Waals surface area contributed by atoms with Crippen molar-refractivity contribution in [3.05, 3.63) is 71.6 Å². The number of fused-ring (bicyclic) bond motifs is 4. The summed E-state index contributed by atoms with van der Waals surface area (Å²) >= 11 is 0. The second-order valence-corrected chi connectivity index (χ2v) is 10.6. The normalized spacial score (nSPS) is 17.9. The number of carbonyl (C=O) groups excluding carboxylic acids is 1. The molecule has 11 nitrogen and oxygen atoms in total. The smallest absolute Gasteiger partial charge is 0.318 e. The van der Waals surface area contributed by atoms with Crippen LogP contribution in [0.2, 0.25) is 0 Å². The summed E-state index contributed by atoms with van der Waals surface area (Å²) in [7, 11) is 0. The Bertz CT molecular complexity index is 1740. The van der Waals surface area contributed by atoms with Crippen molar-refractivity contribution in [1.82, 2.24) is 39.8 Å². The molecule has 5 aromatic rings. The van der Waals surface area contributed by atoms with E-state index in [9.17, 15) is 9.18 Å². The van der Waals surface area contributed by atoms with Gasteiger partial charge in [-0.3, -0.25) is 4.98 Å². The third-order valence-corrected chi connectivity index (χ3v) is 7.89. The minimum Gasteiger partial charge on any atom is -0.378 e. The van der Waals surface area contributed by atoms with Gasteiger partial charge in [0.1, 0.15) is 5.82 Å². The van der Waals surface area contributed by atoms with E-state index in [1.54, 1.807) is 15.6 Å². The number of benzene rings is 1. The van der Waals surface area contributed by atoms with Gasteiger partial charge in [-0.1, -0.05) is 18.2 Å². The second kappa shape index (κ2) is 10.4. The van der Waals surface area contributed by atoms with Crippen molar-refractivity contribution in [3.63, 3.8) is 0 Å². The van der Waals surface area contributed by atoms with Crippen molar-refractivity contribution < 1.29 is 13.9 Å². The number of rotatable bonds is 5. The van der Waals surface area contributed by atoms with Crippen LogP contribution in [0.1, 0.15) is 36.2 Å². The molecule has 1 aromatic carbocycles. The molecule has 2 amide bonds. The number of morpholine rings is 1. The van der Waals surface area contributed by atoms with E-state index in [4.69, 9.17) is 14.7 Å². The number of nitrogens with one attached hydrogen (secondary N) is 3. The Balaban J connectivity index is 1.23. The van der Waals surface area contributed by atoms with Gasteiger partial charge >= 0.3 is 6.03 Å². The number of nitrogens with zero attached hydrogens (tertiary/aromatic N) is 6. The number of aromatic nitrogens is 6. The minimum absolute atomic E-state index is 0.101. The number of carbonyl (C=O) groups is 1. The molecule has 0 radical (unpaired) electrons. The molecule has 2 aliphatic rings. The van der Waals surface area contributed by atoms with Crippen molar-refractivity contribution in [2.75, 3.05) is 31.6 Å². The van der Waals surface area contributed by atoms with E-state index in [-0.39, 0.29) is 18.1 Å². The summed E-state index contributed by atoms with van der Waals surface area (Å²) in [6.45, 7) is 4.02. The molecule has 0 unspecified atom stereocenters. The summed E-state index contributed by atoms with van der Waals surface area (Å²) < 4.78 is 21.2. The zero-order chi connectivity index (χ0) is 27.9. The highest BCUT2D eigenvalue weighted by molar-refractivity contribution is 5.85. The summed E-state index contributed by atoms with van der Waals surface area (Å²) in [5, 5.41) is 12.5. The average molecular weight is 556 g/mol. The zero-order valence-corrected chi connectivity index (χ0v) is 22.6. The molecular weight excluding hydrogens is 525 g/mol. The first-order chi connectivity index (χ1) is 20.0. The van der Waals surface area contributed by atoms with Crippen molar-refractivity contribution in [1.29, 1.82) is 0 Å². The molecule has 4 aromatic heterocycles. The number of halogens is 1. The van der Waals surface area contributed by atoms with Crippen molar-refractivity contribution in [2.24, 2.45) is 0 Å². The van der Waals surface area contributed by atoms with E-state index in [2.05, 4.69) is 43.9 Å². The van der Waals surface area contributed by atoms with Crippen LogP contribution in [0.4, 0.5) is 15.1 Å². The number of H-pyrrole nitrogens is 1. The van der Waals surface area contributed by atoms with Gasteiger partial charge in [-0.2, -0.15) is 14.6 Å². The third kappa shape index (κ3) is 4.84. The zero-order valence-electron chi connectivity index (χ0n) is 22.6. The number of urea groups is 1. The number of amides is 2. The molecule has 1 saturated heterocycles. The molecule has 5 heterocycles. The lowest BCUT2D eigenvalue weighted by atomic mass is 9.91. The van der Waals surface area contributed by atoms with Crippen LogP contribution in [-0.4, -0.2) is 72.8 Å². The highest BCUT2D eigenvalue weighted by Gasteiger charge is 2.26. The maximum Gasteiger partial charge on any atom is 0.318 e. The Morgan fingerprint density at radius 3 is 2.88 bits per heavy atom. The van der Waals surface area contributed by atoms with Gasteiger partial charge in [-0.05, 0) is 43.9 Å². The van der Waals surface area contributed by atoms with Crippen molar-refractivity contribution in [2.45, 2.75) is 38.3 Å². The Kier molecular flexibility index (Phi) is 6.46. The Morgan fingerprint density at radius 2 is 2.02 bits per heavy atom. The van der Waals surface area contributed by atoms with E-state index in [0.29, 0.717) is 49.3 Å². The summed E-state index contributed by atoms with van der Waals surface area (Å²) in [5.41, 5.74) is 5.44. The number of aromatic amines is 1. The summed E-state index contributed by atoms with van der Waals surface area (Å²) in [4.78, 5) is 31.7. The van der Waals surface area contributed by atoms with Gasteiger partial charge in [0.25, 0.3) is 0 Å². The van der Waals surface area contributed by atoms with Crippen LogP contribution >= 0.6 is 0 Å². The largest absolute Gasteiger partial charge is 0.378 e. The molecule has 2 atom stereocenters. The fourth-order valence-electron chi connectivity index (χ4n) is 5.75. The molecule has 7 rings (SSSR count). The highest BCUT2D eigenvalue weighted by Crippen LogP contribution is 2.31. The number of para-hydroxylation sites is 1. The van der Waals surface area contributed by atoms with Gasteiger partial charge in [0.2, 0.25) is 5.95 Å². The molecule has 12 heteroatoms. The summed E-state index contributed by atoms with van der Waals surface area (Å²) in [5.74, 6) is 0.351. The van der Waals surface area contributed by atoms with E-state index >= 15 is 0 Å². The van der Waals surface area contributed by atoms with E-state index in [1.165, 1.54) is 28.9 Å². The van der Waals surface area contributed by atoms with Crippen LogP contribution in [0.15, 0.2) is 48.9 Å². The van der Waals surface area contributed by atoms with Gasteiger partial charge in [0.05, 0.1) is 31.6 Å². The highest BCUT2D eigenvalue weighted by atomic mass is 19.1. The standard InChI is InChI=1S/C29H30FN9O2/c1-17(33-29(40)38-8-10-41-11-9-38)23-16-32-39-27(23)36-26(18-12-19(30)15-31-14-18)37-28(39)34-20-6-7-25-22(13-20)21-4-2-3-5-24(21)35-25/h2-5,12,14-17,20,35H,6-11,13H2,1H3,(H,33,40)(H,34,36,37)/t17-,20-/m0/s1. The Morgan fingerprint density at radius 1 is 1.17 bits per heavy atom. The van der Waals surface area contributed by atoms with Crippen LogP contribution in [0.5, 0.6) is 0 Å². The monoisotopic (exact) mass is 555 g/mol. The topological polar surface area (TPSA) is 125 Å². The molecule has 210 valence electrons. The first-order valence-electron chi connectivity index (χ1n) is 13.9. The quantitative estimate of drug-likeness (QED) is 0.301. The first kappa shape index (κ1) is 25.4. The van der Waals surface area contributed by atoms with Gasteiger partial charge in [-0.15, -0.1) is 0 Å². The number of aryl methyl sites for hydroxylation is 1. The van der Waals surface area contributed by atoms with E-state index < -0.39 is 5.82 Å². The number of hydrogen-bond acceptors (Lipinski definition) is 7. The van der Waals surface area contributed by atoms with Crippen LogP contribution in [0, 0.1) is 5.82 Å². The SMILES string of the molecule is C[C@H](NC(=O)N1CCOCC1)c1cnn2c(N[C@H]3CCc4[nH]c5ccccc5c4C3)nc(-c3cncc(F)c3)nc12. The molecule has 3 N–H and O–H groups in total. The van der Waals surface area contributed by atoms with Gasteiger partial charge in [0, 0.05) is 53.1 Å². The second-order valence-electron chi connectivity index (χ2n) is 10.6. The molecule has 41 heavy (non-hydrogen) atoms. The first-order valence-corrected chi connectivity index (χ1v) is 13.9. The third-order valence-electron chi connectivity index (χ3n) is 7.89. The van der Waals surface area contributed by atoms with Crippen LogP contribution in [0.3, 0.4) is 0 Å². The predicted molar refractivity (Wildman–Crippen MR) is 151 cm³/mol. The van der Waals surface area contributed by atoms with Gasteiger partial charge < -0.3 is 25.3 Å². The van der Waals surface area contributed by atoms with Crippen molar-refractivity contribution in [3.8, 4) is 11.4 Å². The molecule has 0 saturated carbocycles. The molecule has 1 aliphatic carbocycles. The van der Waals surface area contributed by atoms with Crippen LogP contribution in [0.25, 0.3) is 27.9 Å². The van der Waals surface area contributed by atoms with Gasteiger partial charge in [0.15, 0.2) is 11.5 Å². The lowest BCUT2D eigenvalue weighted by molar-refractivity contribution is 0.0526. The Labute approximate surface area is 235 Å². The summed E-state index contributed by atoms with van der Waals surface area (Å²) in [6.07, 6.45) is 7.02. The van der Waals surface area contributed by atoms with Crippen LogP contribution in [-0.2, 0) is 17.6 Å². The van der Waals surface area contributed by atoms with E-state index in [1.807, 2.05) is 13.0 Å². The molecule has 0 spiro atoms. The molecule has 0 bridgehead atoms. The Hall–Kier alpha value is -4.58. The number of anilines is 1. The molecule has 1 fully saturated rings. The molecular formula is C29H30FN9O2. The molecule has 1 aliphatic heterocycles. The van der Waals surface area contributed by atoms with Gasteiger partial charge in [-0.25, -0.2) is 14.2 Å². The summed E-state index contributed by atoms with van der Waals surface area (Å²) in [6, 6.07) is 9.27. The number of pyridine rings is 1.